The van der Waals surface area contributed by atoms with Crippen LogP contribution in [0.5, 0.6) is 0 Å². The highest BCUT2D eigenvalue weighted by molar-refractivity contribution is 7.94. The molecule has 18 heteroatoms. The Morgan fingerprint density at radius 1 is 0.946 bits per heavy atom. The van der Waals surface area contributed by atoms with Crippen molar-refractivity contribution in [2.75, 3.05) is 64.8 Å². The van der Waals surface area contributed by atoms with Crippen LogP contribution < -0.4 is 21.4 Å². The van der Waals surface area contributed by atoms with Crippen LogP contribution >= 0.6 is 12.0 Å². The van der Waals surface area contributed by atoms with Crippen molar-refractivity contribution in [3.05, 3.63) is 29.3 Å². The van der Waals surface area contributed by atoms with E-state index >= 15 is 0 Å². The number of esters is 2. The average Bonchev–Trinajstić information content (AvgIpc) is 2.89. The number of carbonyl (C=O) groups excluding carboxylic acids is 2. The van der Waals surface area contributed by atoms with Crippen molar-refractivity contribution < 1.29 is 40.7 Å². The van der Waals surface area contributed by atoms with Crippen LogP contribution in [0.15, 0.2) is 23.4 Å². The minimum absolute atomic E-state index is 0.00598. The lowest BCUT2D eigenvalue weighted by Crippen LogP contribution is -2.28. The fourth-order valence-corrected chi connectivity index (χ4v) is 3.46. The largest absolute Gasteiger partial charge is 0.465 e. The normalized spacial score (nSPS) is 11.1. The van der Waals surface area contributed by atoms with Gasteiger partial charge in [-0.2, -0.15) is 28.8 Å². The minimum Gasteiger partial charge on any atom is -0.465 e. The molecule has 0 amide bonds. The Kier molecular flexibility index (Phi) is 12.4. The number of hydrogen-bond donors (Lipinski definition) is 4. The van der Waals surface area contributed by atoms with E-state index < -0.39 is 22.1 Å². The second-order valence-electron chi connectivity index (χ2n) is 6.70. The highest BCUT2D eigenvalue weighted by atomic mass is 32.2. The van der Waals surface area contributed by atoms with E-state index in [4.69, 9.17) is 18.5 Å². The monoisotopic (exact) mass is 561 g/mol. The summed E-state index contributed by atoms with van der Waals surface area (Å²) in [5, 5.41) is 8.61. The molecule has 0 fully saturated rings. The van der Waals surface area contributed by atoms with Crippen molar-refractivity contribution >= 4 is 51.7 Å². The number of hydrogen-bond acceptors (Lipinski definition) is 17. The lowest BCUT2D eigenvalue weighted by Gasteiger charge is -2.12. The van der Waals surface area contributed by atoms with Crippen molar-refractivity contribution in [3.63, 3.8) is 0 Å². The van der Waals surface area contributed by atoms with Crippen LogP contribution in [-0.2, 0) is 32.8 Å². The zero-order valence-electron chi connectivity index (χ0n) is 20.4. The zero-order valence-corrected chi connectivity index (χ0v) is 22.0. The Morgan fingerprint density at radius 2 is 1.59 bits per heavy atom. The van der Waals surface area contributed by atoms with E-state index in [-0.39, 0.29) is 52.8 Å². The molecule has 0 aliphatic rings. The summed E-state index contributed by atoms with van der Waals surface area (Å²) in [4.78, 5) is 36.7. The molecule has 16 nitrogen and oxygen atoms in total. The van der Waals surface area contributed by atoms with Gasteiger partial charge in [-0.1, -0.05) is 0 Å². The number of ether oxygens (including phenoxy) is 3. The Morgan fingerprint density at radius 3 is 2.19 bits per heavy atom. The van der Waals surface area contributed by atoms with Gasteiger partial charge in [-0.05, 0) is 18.2 Å². The van der Waals surface area contributed by atoms with Crippen molar-refractivity contribution in [1.82, 2.24) is 25.7 Å². The molecule has 1 aromatic carbocycles. The first-order valence-corrected chi connectivity index (χ1v) is 12.7. The fourth-order valence-electron chi connectivity index (χ4n) is 2.50. The van der Waals surface area contributed by atoms with E-state index in [2.05, 4.69) is 40.6 Å². The van der Waals surface area contributed by atoms with Gasteiger partial charge in [-0.25, -0.2) is 13.9 Å². The zero-order chi connectivity index (χ0) is 27.3. The number of nitrogens with zero attached hydrogens (tertiary/aromatic N) is 3. The van der Waals surface area contributed by atoms with Gasteiger partial charge in [-0.3, -0.25) is 9.50 Å². The first-order valence-electron chi connectivity index (χ1n) is 10.3. The van der Waals surface area contributed by atoms with Gasteiger partial charge in [-0.15, -0.1) is 0 Å². The van der Waals surface area contributed by atoms with Crippen LogP contribution in [0.2, 0.25) is 0 Å². The molecule has 0 saturated heterocycles. The van der Waals surface area contributed by atoms with E-state index in [1.807, 2.05) is 0 Å². The van der Waals surface area contributed by atoms with Crippen LogP contribution in [0.1, 0.15) is 20.7 Å². The van der Waals surface area contributed by atoms with Crippen LogP contribution in [-0.4, -0.2) is 89.4 Å². The highest BCUT2D eigenvalue weighted by Gasteiger charge is 2.16. The summed E-state index contributed by atoms with van der Waals surface area (Å²) in [6.07, 6.45) is 0. The quantitative estimate of drug-likeness (QED) is 0.0542. The molecule has 0 aliphatic carbocycles. The molecule has 0 bridgehead atoms. The van der Waals surface area contributed by atoms with Gasteiger partial charge in [0.1, 0.15) is 0 Å². The first-order chi connectivity index (χ1) is 17.7. The van der Waals surface area contributed by atoms with Crippen molar-refractivity contribution in [3.8, 4) is 0 Å². The molecule has 0 radical (unpaired) electrons. The van der Waals surface area contributed by atoms with Crippen molar-refractivity contribution in [1.29, 1.82) is 0 Å². The predicted molar refractivity (Wildman–Crippen MR) is 131 cm³/mol. The van der Waals surface area contributed by atoms with E-state index in [0.29, 0.717) is 6.73 Å². The van der Waals surface area contributed by atoms with Crippen molar-refractivity contribution in [2.24, 2.45) is 0 Å². The summed E-state index contributed by atoms with van der Waals surface area (Å²) < 4.78 is 47.2. The molecule has 4 N–H and O–H groups in total. The summed E-state index contributed by atoms with van der Waals surface area (Å²) in [6.45, 7) is 0.499. The second kappa shape index (κ2) is 15.2. The Balaban J connectivity index is 2.29. The molecule has 1 heterocycles. The maximum absolute atomic E-state index is 12.1. The molecule has 0 atom stereocenters. The Labute approximate surface area is 217 Å². The van der Waals surface area contributed by atoms with E-state index in [0.717, 1.165) is 19.2 Å². The summed E-state index contributed by atoms with van der Waals surface area (Å²) in [6, 6.07) is 4.16. The number of rotatable bonds is 16. The lowest BCUT2D eigenvalue weighted by atomic mass is 10.1. The smallest absolute Gasteiger partial charge is 0.337 e. The van der Waals surface area contributed by atoms with Crippen LogP contribution in [0.3, 0.4) is 0 Å². The maximum Gasteiger partial charge on any atom is 0.337 e. The SMILES string of the molecule is COCNCNOSc1nc(NCCS(=O)(=O)OC)nc(Nc2cc(C(=O)OC)cc(C(=O)OC)c2)n1. The number of anilines is 3. The molecule has 0 unspecified atom stereocenters. The molecule has 2 rings (SSSR count). The number of nitrogens with one attached hydrogen (secondary N) is 4. The first kappa shape index (κ1) is 30.1. The van der Waals surface area contributed by atoms with E-state index in [9.17, 15) is 18.0 Å². The molecule has 204 valence electrons. The van der Waals surface area contributed by atoms with Crippen LogP contribution in [0, 0.1) is 0 Å². The topological polar surface area (TPSA) is 201 Å². The van der Waals surface area contributed by atoms with Gasteiger partial charge in [0.25, 0.3) is 10.1 Å². The molecule has 0 saturated carbocycles. The highest BCUT2D eigenvalue weighted by Crippen LogP contribution is 2.22. The maximum atomic E-state index is 12.1. The molecular formula is C19H27N7O9S2. The number of carbonyl (C=O) groups is 2. The predicted octanol–water partition coefficient (Wildman–Crippen LogP) is 0.256. The van der Waals surface area contributed by atoms with E-state index in [1.165, 1.54) is 39.5 Å². The number of methoxy groups -OCH3 is 3. The summed E-state index contributed by atoms with van der Waals surface area (Å²) in [7, 11) is 1.29. The van der Waals surface area contributed by atoms with Gasteiger partial charge in [0.05, 0.1) is 63.7 Å². The molecular weight excluding hydrogens is 534 g/mol. The summed E-state index contributed by atoms with van der Waals surface area (Å²) in [5.74, 6) is -1.68. The number of benzene rings is 1. The van der Waals surface area contributed by atoms with Gasteiger partial charge in [0.15, 0.2) is 0 Å². The standard InChI is InChI=1S/C19H27N7O9S2/c1-31-11-20-10-22-35-36-19-25-17(21-5-6-37(29,30)34-4)24-18(26-19)23-14-8-12(15(27)32-2)7-13(9-14)16(28)33-3/h7-9,20,22H,5-6,10-11H2,1-4H3,(H2,21,23,24,25,26). The van der Waals surface area contributed by atoms with Gasteiger partial charge in [0.2, 0.25) is 17.1 Å². The number of aromatic nitrogens is 3. The van der Waals surface area contributed by atoms with Crippen LogP contribution in [0.25, 0.3) is 0 Å². The molecule has 37 heavy (non-hydrogen) atoms. The molecule has 2 aromatic rings. The number of hydroxylamine groups is 1. The van der Waals surface area contributed by atoms with Crippen LogP contribution in [0.4, 0.5) is 17.6 Å². The third-order valence-corrected chi connectivity index (χ3v) is 5.90. The van der Waals surface area contributed by atoms with Crippen molar-refractivity contribution in [2.45, 2.75) is 5.16 Å². The average molecular weight is 562 g/mol. The van der Waals surface area contributed by atoms with Gasteiger partial charge < -0.3 is 24.8 Å². The molecule has 0 aliphatic heterocycles. The summed E-state index contributed by atoms with van der Waals surface area (Å²) >= 11 is 0.759. The molecule has 0 spiro atoms. The van der Waals surface area contributed by atoms with E-state index in [1.54, 1.807) is 0 Å². The second-order valence-corrected chi connectivity index (χ2v) is 9.25. The minimum atomic E-state index is -3.71. The third-order valence-electron chi connectivity index (χ3n) is 4.15. The molecule has 1 aromatic heterocycles. The van der Waals surface area contributed by atoms with Gasteiger partial charge >= 0.3 is 11.9 Å². The summed E-state index contributed by atoms with van der Waals surface area (Å²) in [5.41, 5.74) is 3.04. The Hall–Kier alpha value is -3.13. The Bertz CT molecular complexity index is 1130. The fraction of sp³-hybridized carbons (Fsp3) is 0.421. The third kappa shape index (κ3) is 10.4. The van der Waals surface area contributed by atoms with Gasteiger partial charge in [0, 0.05) is 19.3 Å². The lowest BCUT2D eigenvalue weighted by molar-refractivity contribution is 0.0599.